The maximum atomic E-state index is 6.36. The minimum atomic E-state index is -1.90. The molecule has 4 nitrogen and oxygen atoms in total. The van der Waals surface area contributed by atoms with E-state index in [9.17, 15) is 0 Å². The Morgan fingerprint density at radius 1 is 0.714 bits per heavy atom. The molecule has 0 saturated heterocycles. The van der Waals surface area contributed by atoms with E-state index in [0.29, 0.717) is 5.41 Å². The third kappa shape index (κ3) is 8.08. The van der Waals surface area contributed by atoms with Crippen LogP contribution in [0.1, 0.15) is 26.3 Å². The molecule has 0 spiro atoms. The average Bonchev–Trinajstić information content (AvgIpc) is 3.77. The number of hydrogen-bond donors (Lipinski definition) is 0. The first-order chi connectivity index (χ1) is 26.5. The Labute approximate surface area is 346 Å². The van der Waals surface area contributed by atoms with E-state index in [2.05, 4.69) is 152 Å². The van der Waals surface area contributed by atoms with Crippen LogP contribution in [-0.4, -0.2) is 27.8 Å². The molecule has 6 aromatic carbocycles. The molecule has 9 aromatic rings. The Bertz CT molecular complexity index is 2760. The Hall–Kier alpha value is -5.07. The summed E-state index contributed by atoms with van der Waals surface area (Å²) in [6, 6.07) is 56.5. The molecule has 0 aliphatic rings. The molecule has 0 atom stereocenters. The SMILES string of the molecule is CC(C)(C)Cc1cc(-c2[c-]cccc2)nc[c]1[Ge]([CH3])([CH3])[CH3].[Ir].[c-]1ccc2c(oc3ccccc32)c1-c1nc2ccccc2n1-c1ccccc1-c1ccccc1. The number of para-hydroxylation sites is 4. The van der Waals surface area contributed by atoms with Crippen LogP contribution in [0.15, 0.2) is 156 Å². The number of aromatic nitrogens is 3. The van der Waals surface area contributed by atoms with Crippen molar-refractivity contribution in [2.75, 3.05) is 0 Å². The fourth-order valence-corrected chi connectivity index (χ4v) is 10.7. The molecule has 0 N–H and O–H groups in total. The van der Waals surface area contributed by atoms with E-state index >= 15 is 0 Å². The first kappa shape index (κ1) is 39.2. The summed E-state index contributed by atoms with van der Waals surface area (Å²) in [6.07, 6.45) is 3.24. The van der Waals surface area contributed by atoms with Gasteiger partial charge in [0.15, 0.2) is 0 Å². The largest absolute Gasteiger partial charge is 0.501 e. The Morgan fingerprint density at radius 2 is 1.43 bits per heavy atom. The van der Waals surface area contributed by atoms with E-state index in [1.807, 2.05) is 54.6 Å². The van der Waals surface area contributed by atoms with Crippen LogP contribution in [-0.2, 0) is 26.5 Å². The van der Waals surface area contributed by atoms with Crippen LogP contribution in [0.25, 0.3) is 72.4 Å². The number of rotatable bonds is 6. The Kier molecular flexibility index (Phi) is 11.3. The minimum Gasteiger partial charge on any atom is -0.501 e. The van der Waals surface area contributed by atoms with Gasteiger partial charge in [0.1, 0.15) is 5.58 Å². The van der Waals surface area contributed by atoms with Gasteiger partial charge in [0.05, 0.1) is 22.4 Å². The van der Waals surface area contributed by atoms with Crippen LogP contribution in [0.5, 0.6) is 0 Å². The third-order valence-corrected chi connectivity index (χ3v) is 14.2. The van der Waals surface area contributed by atoms with Crippen LogP contribution in [0, 0.1) is 17.5 Å². The maximum absolute atomic E-state index is 6.36. The molecule has 0 fully saturated rings. The van der Waals surface area contributed by atoms with Crippen molar-refractivity contribution in [2.24, 2.45) is 5.41 Å². The molecule has 3 heterocycles. The van der Waals surface area contributed by atoms with Crippen molar-refractivity contribution in [3.05, 3.63) is 169 Å². The summed E-state index contributed by atoms with van der Waals surface area (Å²) in [7, 11) is 0. The molecule has 0 aliphatic heterocycles. The summed E-state index contributed by atoms with van der Waals surface area (Å²) < 4.78 is 10.1. The molecule has 6 heteroatoms. The number of furan rings is 1. The maximum Gasteiger partial charge on any atom is 0.120 e. The standard InChI is InChI=1S/C31H19N2O.C19H26GeN.Ir/c1-2-11-21(12-3-1)22-13-4-7-18-27(22)33-28-19-8-6-17-26(28)32-31(33)25-16-10-15-24-23-14-5-9-20-29(23)34-30(24)25;1-19(2,3)13-16-12-18(15-10-8-7-9-11-15)21-14-17(16)20(4,5)6;/h1-15,17-20H;7-10,12,14H,13H2,1-6H3;/q2*-1;. The van der Waals surface area contributed by atoms with Gasteiger partial charge in [0, 0.05) is 36.7 Å². The molecule has 281 valence electrons. The van der Waals surface area contributed by atoms with Gasteiger partial charge >= 0.3 is 132 Å². The smallest absolute Gasteiger partial charge is 0.120 e. The van der Waals surface area contributed by atoms with Gasteiger partial charge in [-0.25, -0.2) is 0 Å². The van der Waals surface area contributed by atoms with E-state index in [-0.39, 0.29) is 20.1 Å². The molecule has 1 radical (unpaired) electrons. The number of hydrogen-bond acceptors (Lipinski definition) is 3. The molecule has 56 heavy (non-hydrogen) atoms. The van der Waals surface area contributed by atoms with Crippen molar-refractivity contribution in [1.82, 2.24) is 14.5 Å². The van der Waals surface area contributed by atoms with Gasteiger partial charge < -0.3 is 8.98 Å². The molecular weight excluding hydrogens is 923 g/mol. The van der Waals surface area contributed by atoms with Gasteiger partial charge in [0.2, 0.25) is 0 Å². The quantitative estimate of drug-likeness (QED) is 0.123. The fourth-order valence-electron chi connectivity index (χ4n) is 7.41. The van der Waals surface area contributed by atoms with Gasteiger partial charge in [-0.1, -0.05) is 89.8 Å². The zero-order chi connectivity index (χ0) is 38.2. The fraction of sp³-hybridized carbons (Fsp3) is 0.160. The Morgan fingerprint density at radius 3 is 2.20 bits per heavy atom. The van der Waals surface area contributed by atoms with Crippen LogP contribution >= 0.6 is 0 Å². The second-order valence-electron chi connectivity index (χ2n) is 16.3. The molecule has 0 bridgehead atoms. The summed E-state index contributed by atoms with van der Waals surface area (Å²) >= 11 is -1.90. The van der Waals surface area contributed by atoms with E-state index in [1.54, 1.807) is 0 Å². The van der Waals surface area contributed by atoms with E-state index in [1.165, 1.54) is 9.96 Å². The first-order valence-corrected chi connectivity index (χ1v) is 26.3. The van der Waals surface area contributed by atoms with Crippen LogP contribution in [0.2, 0.25) is 17.3 Å². The second kappa shape index (κ2) is 16.2. The molecule has 9 rings (SSSR count). The van der Waals surface area contributed by atoms with Crippen molar-refractivity contribution in [3.63, 3.8) is 0 Å². The van der Waals surface area contributed by atoms with Crippen molar-refractivity contribution in [3.8, 4) is 39.5 Å². The van der Waals surface area contributed by atoms with Gasteiger partial charge in [0.25, 0.3) is 0 Å². The first-order valence-electron chi connectivity index (χ1n) is 19.0. The number of pyridine rings is 1. The minimum absolute atomic E-state index is 0. The molecule has 3 aromatic heterocycles. The topological polar surface area (TPSA) is 43.9 Å². The van der Waals surface area contributed by atoms with E-state index in [0.717, 1.165) is 78.9 Å². The number of nitrogens with zero attached hydrogens (tertiary/aromatic N) is 3. The summed E-state index contributed by atoms with van der Waals surface area (Å²) in [4.78, 5) is 9.81. The zero-order valence-electron chi connectivity index (χ0n) is 32.7. The summed E-state index contributed by atoms with van der Waals surface area (Å²) in [5.74, 6) is 8.14. The summed E-state index contributed by atoms with van der Waals surface area (Å²) in [6.45, 7) is 6.92. The van der Waals surface area contributed by atoms with Gasteiger partial charge in [-0.3, -0.25) is 4.98 Å². The molecule has 0 saturated carbocycles. The van der Waals surface area contributed by atoms with Gasteiger partial charge in [-0.15, -0.1) is 18.2 Å². The van der Waals surface area contributed by atoms with Gasteiger partial charge in [-0.05, 0) is 29.8 Å². The second-order valence-corrected chi connectivity index (χ2v) is 26.9. The number of fused-ring (bicyclic) bond motifs is 4. The van der Waals surface area contributed by atoms with Gasteiger partial charge in [-0.2, -0.15) is 0 Å². The van der Waals surface area contributed by atoms with Crippen molar-refractivity contribution < 1.29 is 24.5 Å². The molecule has 0 aliphatic carbocycles. The van der Waals surface area contributed by atoms with Crippen LogP contribution in [0.4, 0.5) is 0 Å². The number of benzene rings is 6. The normalized spacial score (nSPS) is 11.7. The summed E-state index contributed by atoms with van der Waals surface area (Å²) in [5, 5.41) is 2.17. The van der Waals surface area contributed by atoms with Crippen molar-refractivity contribution in [1.29, 1.82) is 0 Å². The molecule has 0 unspecified atom stereocenters. The summed E-state index contributed by atoms with van der Waals surface area (Å²) in [5.41, 5.74) is 11.8. The van der Waals surface area contributed by atoms with Crippen molar-refractivity contribution >= 4 is 50.6 Å². The van der Waals surface area contributed by atoms with E-state index in [4.69, 9.17) is 14.4 Å². The molecular formula is C50H45GeIrN3O-2. The predicted octanol–water partition coefficient (Wildman–Crippen LogP) is 12.7. The molecule has 0 amide bonds. The van der Waals surface area contributed by atoms with Crippen molar-refractivity contribution in [2.45, 2.75) is 44.5 Å². The van der Waals surface area contributed by atoms with Crippen LogP contribution in [0.3, 0.4) is 0 Å². The Balaban J connectivity index is 0.000000190. The number of imidazole rings is 1. The van der Waals surface area contributed by atoms with E-state index < -0.39 is 13.3 Å². The predicted molar refractivity (Wildman–Crippen MR) is 233 cm³/mol. The third-order valence-electron chi connectivity index (χ3n) is 9.86. The zero-order valence-corrected chi connectivity index (χ0v) is 37.2. The monoisotopic (exact) mass is 970 g/mol. The van der Waals surface area contributed by atoms with Crippen LogP contribution < -0.4 is 4.40 Å². The average molecular weight is 969 g/mol.